The minimum atomic E-state index is 0.131. The highest BCUT2D eigenvalue weighted by Crippen LogP contribution is 2.21. The molecular weight excluding hydrogens is 204 g/mol. The van der Waals surface area contributed by atoms with Crippen LogP contribution < -0.4 is 5.32 Å². The van der Waals surface area contributed by atoms with Crippen LogP contribution in [-0.4, -0.2) is 48.7 Å². The number of nitrogens with one attached hydrogen (secondary N) is 1. The minimum Gasteiger partial charge on any atom is -0.396 e. The third-order valence-electron chi connectivity index (χ3n) is 3.32. The van der Waals surface area contributed by atoms with Gasteiger partial charge in [0.15, 0.2) is 0 Å². The lowest BCUT2D eigenvalue weighted by Crippen LogP contribution is -2.31. The van der Waals surface area contributed by atoms with Gasteiger partial charge in [0.1, 0.15) is 0 Å². The Bertz CT molecular complexity index is 209. The Balaban J connectivity index is 2.16. The molecule has 0 aromatic carbocycles. The molecule has 4 heteroatoms. The molecule has 1 aliphatic heterocycles. The van der Waals surface area contributed by atoms with Gasteiger partial charge in [-0.05, 0) is 45.2 Å². The molecule has 1 saturated heterocycles. The van der Waals surface area contributed by atoms with Crippen molar-refractivity contribution in [1.29, 1.82) is 0 Å². The molecule has 4 nitrogen and oxygen atoms in total. The van der Waals surface area contributed by atoms with Crippen LogP contribution in [0.1, 0.15) is 38.5 Å². The van der Waals surface area contributed by atoms with E-state index in [1.807, 2.05) is 0 Å². The van der Waals surface area contributed by atoms with Crippen molar-refractivity contribution in [2.45, 2.75) is 44.6 Å². The largest absolute Gasteiger partial charge is 0.396 e. The number of nitrogens with zero attached hydrogens (tertiary/aromatic N) is 1. The molecule has 0 aliphatic carbocycles. The summed E-state index contributed by atoms with van der Waals surface area (Å²) in [6, 6.07) is 0.636. The SMILES string of the molecule is CNC(=O)CCCN1CCCC1CCCO. The number of amides is 1. The Morgan fingerprint density at radius 2 is 2.31 bits per heavy atom. The van der Waals surface area contributed by atoms with E-state index in [1.165, 1.54) is 12.8 Å². The van der Waals surface area contributed by atoms with E-state index in [0.717, 1.165) is 32.4 Å². The predicted octanol–water partition coefficient (Wildman–Crippen LogP) is 0.749. The number of rotatable bonds is 7. The molecule has 2 N–H and O–H groups in total. The molecule has 0 bridgehead atoms. The quantitative estimate of drug-likeness (QED) is 0.676. The predicted molar refractivity (Wildman–Crippen MR) is 64.2 cm³/mol. The molecule has 1 atom stereocenters. The zero-order chi connectivity index (χ0) is 11.8. The molecule has 16 heavy (non-hydrogen) atoms. The fourth-order valence-corrected chi connectivity index (χ4v) is 2.41. The second kappa shape index (κ2) is 7.63. The minimum absolute atomic E-state index is 0.131. The summed E-state index contributed by atoms with van der Waals surface area (Å²) in [5.74, 6) is 0.131. The molecule has 0 saturated carbocycles. The summed E-state index contributed by atoms with van der Waals surface area (Å²) in [5.41, 5.74) is 0. The average molecular weight is 228 g/mol. The Morgan fingerprint density at radius 1 is 1.50 bits per heavy atom. The lowest BCUT2D eigenvalue weighted by atomic mass is 10.1. The van der Waals surface area contributed by atoms with Crippen molar-refractivity contribution in [3.8, 4) is 0 Å². The van der Waals surface area contributed by atoms with Crippen LogP contribution in [0, 0.1) is 0 Å². The lowest BCUT2D eigenvalue weighted by molar-refractivity contribution is -0.120. The normalized spacial score (nSPS) is 21.2. The van der Waals surface area contributed by atoms with E-state index in [-0.39, 0.29) is 5.91 Å². The number of hydrogen-bond donors (Lipinski definition) is 2. The summed E-state index contributed by atoms with van der Waals surface area (Å²) in [5, 5.41) is 11.5. The Hall–Kier alpha value is -0.610. The molecule has 0 spiro atoms. The van der Waals surface area contributed by atoms with E-state index in [1.54, 1.807) is 7.05 Å². The van der Waals surface area contributed by atoms with E-state index in [0.29, 0.717) is 19.1 Å². The van der Waals surface area contributed by atoms with Gasteiger partial charge in [-0.25, -0.2) is 0 Å². The van der Waals surface area contributed by atoms with Gasteiger partial charge in [0.25, 0.3) is 0 Å². The third-order valence-corrected chi connectivity index (χ3v) is 3.32. The summed E-state index contributed by atoms with van der Waals surface area (Å²) in [7, 11) is 1.68. The van der Waals surface area contributed by atoms with Crippen LogP contribution in [-0.2, 0) is 4.79 Å². The van der Waals surface area contributed by atoms with Gasteiger partial charge in [-0.2, -0.15) is 0 Å². The van der Waals surface area contributed by atoms with Gasteiger partial charge in [0, 0.05) is 26.1 Å². The van der Waals surface area contributed by atoms with Crippen molar-refractivity contribution in [2.24, 2.45) is 0 Å². The molecule has 0 aromatic heterocycles. The number of aliphatic hydroxyl groups excluding tert-OH is 1. The summed E-state index contributed by atoms with van der Waals surface area (Å²) < 4.78 is 0. The van der Waals surface area contributed by atoms with Crippen molar-refractivity contribution < 1.29 is 9.90 Å². The van der Waals surface area contributed by atoms with Gasteiger partial charge in [0.2, 0.25) is 5.91 Å². The van der Waals surface area contributed by atoms with Gasteiger partial charge in [-0.15, -0.1) is 0 Å². The van der Waals surface area contributed by atoms with Gasteiger partial charge >= 0.3 is 0 Å². The summed E-state index contributed by atoms with van der Waals surface area (Å²) in [4.78, 5) is 13.5. The number of aliphatic hydroxyl groups is 1. The van der Waals surface area contributed by atoms with E-state index >= 15 is 0 Å². The van der Waals surface area contributed by atoms with Crippen LogP contribution in [0.4, 0.5) is 0 Å². The molecule has 1 unspecified atom stereocenters. The average Bonchev–Trinajstić information content (AvgIpc) is 2.73. The fourth-order valence-electron chi connectivity index (χ4n) is 2.41. The summed E-state index contributed by atoms with van der Waals surface area (Å²) >= 11 is 0. The maximum Gasteiger partial charge on any atom is 0.219 e. The molecule has 0 aromatic rings. The van der Waals surface area contributed by atoms with Crippen LogP contribution >= 0.6 is 0 Å². The van der Waals surface area contributed by atoms with Crippen LogP contribution in [0.25, 0.3) is 0 Å². The molecule has 1 aliphatic rings. The van der Waals surface area contributed by atoms with Crippen molar-refractivity contribution in [2.75, 3.05) is 26.7 Å². The van der Waals surface area contributed by atoms with Crippen molar-refractivity contribution in [1.82, 2.24) is 10.2 Å². The number of carbonyl (C=O) groups is 1. The zero-order valence-corrected chi connectivity index (χ0v) is 10.2. The van der Waals surface area contributed by atoms with E-state index in [4.69, 9.17) is 5.11 Å². The lowest BCUT2D eigenvalue weighted by Gasteiger charge is -2.23. The molecule has 0 radical (unpaired) electrons. The van der Waals surface area contributed by atoms with Crippen LogP contribution in [0.5, 0.6) is 0 Å². The second-order valence-electron chi connectivity index (χ2n) is 4.47. The first-order valence-corrected chi connectivity index (χ1v) is 6.33. The highest BCUT2D eigenvalue weighted by atomic mass is 16.2. The highest BCUT2D eigenvalue weighted by Gasteiger charge is 2.23. The summed E-state index contributed by atoms with van der Waals surface area (Å²) in [6.45, 7) is 2.47. The first-order chi connectivity index (χ1) is 7.77. The van der Waals surface area contributed by atoms with E-state index in [9.17, 15) is 4.79 Å². The van der Waals surface area contributed by atoms with Gasteiger partial charge in [0.05, 0.1) is 0 Å². The molecule has 1 amide bonds. The van der Waals surface area contributed by atoms with Crippen LogP contribution in [0.3, 0.4) is 0 Å². The standard InChI is InChI=1S/C12H24N2O2/c1-13-12(16)7-3-9-14-8-2-5-11(14)6-4-10-15/h11,15H,2-10H2,1H3,(H,13,16). The maximum absolute atomic E-state index is 11.1. The third kappa shape index (κ3) is 4.49. The Kier molecular flexibility index (Phi) is 6.42. The van der Waals surface area contributed by atoms with Crippen LogP contribution in [0.2, 0.25) is 0 Å². The Morgan fingerprint density at radius 3 is 3.00 bits per heavy atom. The molecular formula is C12H24N2O2. The van der Waals surface area contributed by atoms with Gasteiger partial charge < -0.3 is 15.3 Å². The van der Waals surface area contributed by atoms with Crippen molar-refractivity contribution in [3.05, 3.63) is 0 Å². The first-order valence-electron chi connectivity index (χ1n) is 6.33. The Labute approximate surface area is 98.0 Å². The zero-order valence-electron chi connectivity index (χ0n) is 10.2. The second-order valence-corrected chi connectivity index (χ2v) is 4.47. The van der Waals surface area contributed by atoms with Crippen molar-refractivity contribution >= 4 is 5.91 Å². The number of hydrogen-bond acceptors (Lipinski definition) is 3. The highest BCUT2D eigenvalue weighted by molar-refractivity contribution is 5.75. The van der Waals surface area contributed by atoms with Gasteiger partial charge in [-0.1, -0.05) is 0 Å². The van der Waals surface area contributed by atoms with E-state index < -0.39 is 0 Å². The van der Waals surface area contributed by atoms with E-state index in [2.05, 4.69) is 10.2 Å². The molecule has 1 fully saturated rings. The van der Waals surface area contributed by atoms with Crippen molar-refractivity contribution in [3.63, 3.8) is 0 Å². The molecule has 1 rings (SSSR count). The molecule has 94 valence electrons. The monoisotopic (exact) mass is 228 g/mol. The molecule has 1 heterocycles. The smallest absolute Gasteiger partial charge is 0.219 e. The topological polar surface area (TPSA) is 52.6 Å². The number of carbonyl (C=O) groups excluding carboxylic acids is 1. The van der Waals surface area contributed by atoms with Crippen LogP contribution in [0.15, 0.2) is 0 Å². The fraction of sp³-hybridized carbons (Fsp3) is 0.917. The maximum atomic E-state index is 11.1. The van der Waals surface area contributed by atoms with Gasteiger partial charge in [-0.3, -0.25) is 4.79 Å². The summed E-state index contributed by atoms with van der Waals surface area (Å²) in [6.07, 6.45) is 6.07. The number of likely N-dealkylation sites (tertiary alicyclic amines) is 1. The first kappa shape index (κ1) is 13.5.